The monoisotopic (exact) mass is 388 g/mol. The Hall–Kier alpha value is -3.28. The van der Waals surface area contributed by atoms with Crippen LogP contribution < -0.4 is 9.47 Å². The zero-order chi connectivity index (χ0) is 19.5. The second-order valence-corrected chi connectivity index (χ2v) is 7.33. The van der Waals surface area contributed by atoms with Gasteiger partial charge in [0.15, 0.2) is 11.5 Å². The van der Waals surface area contributed by atoms with E-state index in [-0.39, 0.29) is 0 Å². The van der Waals surface area contributed by atoms with Crippen LogP contribution in [0.15, 0.2) is 59.8 Å². The van der Waals surface area contributed by atoms with Crippen LogP contribution in [0, 0.1) is 0 Å². The predicted molar refractivity (Wildman–Crippen MR) is 113 cm³/mol. The van der Waals surface area contributed by atoms with Crippen LogP contribution in [0.2, 0.25) is 0 Å². The number of piperidine rings is 1. The molecule has 0 atom stereocenters. The molecule has 6 nitrogen and oxygen atoms in total. The van der Waals surface area contributed by atoms with Crippen molar-refractivity contribution in [2.24, 2.45) is 5.10 Å². The Bertz CT molecular complexity index is 1010. The van der Waals surface area contributed by atoms with Crippen molar-refractivity contribution in [2.45, 2.75) is 19.3 Å². The van der Waals surface area contributed by atoms with Gasteiger partial charge in [-0.25, -0.2) is 4.68 Å². The fourth-order valence-corrected chi connectivity index (χ4v) is 3.75. The number of nitrogens with zero attached hydrogens (tertiary/aromatic N) is 4. The van der Waals surface area contributed by atoms with Gasteiger partial charge >= 0.3 is 0 Å². The van der Waals surface area contributed by atoms with Crippen molar-refractivity contribution in [1.82, 2.24) is 14.8 Å². The molecule has 29 heavy (non-hydrogen) atoms. The highest BCUT2D eigenvalue weighted by atomic mass is 16.6. The van der Waals surface area contributed by atoms with Crippen LogP contribution in [0.4, 0.5) is 0 Å². The summed E-state index contributed by atoms with van der Waals surface area (Å²) in [6.45, 7) is 3.19. The Kier molecular flexibility index (Phi) is 4.90. The highest BCUT2D eigenvalue weighted by Gasteiger charge is 2.17. The number of hydrogen-bond donors (Lipinski definition) is 0. The first-order valence-corrected chi connectivity index (χ1v) is 10.2. The molecule has 0 amide bonds. The summed E-state index contributed by atoms with van der Waals surface area (Å²) < 4.78 is 13.3. The van der Waals surface area contributed by atoms with Gasteiger partial charge in [0, 0.05) is 30.4 Å². The molecular weight excluding hydrogens is 364 g/mol. The summed E-state index contributed by atoms with van der Waals surface area (Å²) in [5.41, 5.74) is 3.87. The number of aromatic nitrogens is 2. The molecule has 2 aromatic carbocycles. The van der Waals surface area contributed by atoms with Gasteiger partial charge < -0.3 is 9.47 Å². The zero-order valence-electron chi connectivity index (χ0n) is 16.3. The van der Waals surface area contributed by atoms with E-state index >= 15 is 0 Å². The lowest BCUT2D eigenvalue weighted by Gasteiger charge is -2.23. The van der Waals surface area contributed by atoms with Gasteiger partial charge in [-0.3, -0.25) is 5.01 Å². The third kappa shape index (κ3) is 3.83. The average molecular weight is 388 g/mol. The average Bonchev–Trinajstić information content (AvgIpc) is 3.23. The molecule has 1 fully saturated rings. The van der Waals surface area contributed by atoms with Gasteiger partial charge in [0.1, 0.15) is 18.9 Å². The van der Waals surface area contributed by atoms with Crippen LogP contribution in [0.5, 0.6) is 11.5 Å². The molecule has 2 aliphatic rings. The maximum absolute atomic E-state index is 5.77. The Balaban J connectivity index is 1.53. The normalized spacial score (nSPS) is 16.3. The summed E-state index contributed by atoms with van der Waals surface area (Å²) in [7, 11) is 0. The third-order valence-electron chi connectivity index (χ3n) is 5.27. The molecule has 0 radical (unpaired) electrons. The molecule has 0 bridgehead atoms. The minimum atomic E-state index is 0.568. The third-order valence-corrected chi connectivity index (χ3v) is 5.27. The van der Waals surface area contributed by atoms with E-state index in [4.69, 9.17) is 19.7 Å². The molecule has 6 heteroatoms. The first kappa shape index (κ1) is 17.8. The van der Waals surface area contributed by atoms with Crippen molar-refractivity contribution in [3.05, 3.63) is 60.3 Å². The first-order valence-electron chi connectivity index (χ1n) is 10.2. The molecule has 148 valence electrons. The quantitative estimate of drug-likeness (QED) is 0.631. The molecule has 0 spiro atoms. The van der Waals surface area contributed by atoms with Gasteiger partial charge in [-0.2, -0.15) is 10.2 Å². The molecular formula is C23H24N4O2. The molecule has 3 aromatic rings. The first-order chi connectivity index (χ1) is 14.4. The van der Waals surface area contributed by atoms with Crippen molar-refractivity contribution >= 4 is 6.21 Å². The minimum absolute atomic E-state index is 0.568. The fourth-order valence-electron chi connectivity index (χ4n) is 3.75. The molecule has 2 aliphatic heterocycles. The van der Waals surface area contributed by atoms with Crippen LogP contribution in [-0.4, -0.2) is 47.3 Å². The molecule has 5 rings (SSSR count). The van der Waals surface area contributed by atoms with Crippen LogP contribution >= 0.6 is 0 Å². The van der Waals surface area contributed by atoms with Gasteiger partial charge in [-0.1, -0.05) is 18.2 Å². The highest BCUT2D eigenvalue weighted by Crippen LogP contribution is 2.35. The lowest BCUT2D eigenvalue weighted by molar-refractivity contribution is 0.171. The Morgan fingerprint density at radius 2 is 1.69 bits per heavy atom. The SMILES string of the molecule is C(=NN1CCCCC1)c1cn(-c2ccccc2)nc1-c1ccc2c(c1)OCCO2. The van der Waals surface area contributed by atoms with E-state index in [1.54, 1.807) is 0 Å². The van der Waals surface area contributed by atoms with Crippen LogP contribution in [0.3, 0.4) is 0 Å². The van der Waals surface area contributed by atoms with E-state index in [1.807, 2.05) is 65.6 Å². The minimum Gasteiger partial charge on any atom is -0.486 e. The zero-order valence-corrected chi connectivity index (χ0v) is 16.3. The molecule has 0 unspecified atom stereocenters. The van der Waals surface area contributed by atoms with E-state index < -0.39 is 0 Å². The number of para-hydroxylation sites is 1. The Morgan fingerprint density at radius 3 is 2.52 bits per heavy atom. The number of ether oxygens (including phenoxy) is 2. The summed E-state index contributed by atoms with van der Waals surface area (Å²) >= 11 is 0. The molecule has 1 saturated heterocycles. The highest BCUT2D eigenvalue weighted by molar-refractivity contribution is 5.89. The summed E-state index contributed by atoms with van der Waals surface area (Å²) in [5, 5.41) is 11.8. The van der Waals surface area contributed by atoms with Crippen molar-refractivity contribution < 1.29 is 9.47 Å². The van der Waals surface area contributed by atoms with E-state index in [0.717, 1.165) is 47.1 Å². The maximum Gasteiger partial charge on any atom is 0.162 e. The largest absolute Gasteiger partial charge is 0.486 e. The summed E-state index contributed by atoms with van der Waals surface area (Å²) in [5.74, 6) is 1.55. The van der Waals surface area contributed by atoms with E-state index in [2.05, 4.69) is 5.01 Å². The summed E-state index contributed by atoms with van der Waals surface area (Å²) in [6, 6.07) is 16.1. The summed E-state index contributed by atoms with van der Waals surface area (Å²) in [6.07, 6.45) is 7.67. The van der Waals surface area contributed by atoms with Gasteiger partial charge in [0.05, 0.1) is 11.9 Å². The van der Waals surface area contributed by atoms with Gasteiger partial charge in [0.2, 0.25) is 0 Å². The number of rotatable bonds is 4. The van der Waals surface area contributed by atoms with Gasteiger partial charge in [-0.15, -0.1) is 0 Å². The van der Waals surface area contributed by atoms with Crippen LogP contribution in [-0.2, 0) is 0 Å². The van der Waals surface area contributed by atoms with E-state index in [9.17, 15) is 0 Å². The van der Waals surface area contributed by atoms with Crippen LogP contribution in [0.1, 0.15) is 24.8 Å². The lowest BCUT2D eigenvalue weighted by Crippen LogP contribution is -2.24. The molecule has 3 heterocycles. The predicted octanol–water partition coefficient (Wildman–Crippen LogP) is 4.13. The van der Waals surface area contributed by atoms with Gasteiger partial charge in [0.25, 0.3) is 0 Å². The fraction of sp³-hybridized carbons (Fsp3) is 0.304. The maximum atomic E-state index is 5.77. The molecule has 1 aromatic heterocycles. The van der Waals surface area contributed by atoms with Crippen molar-refractivity contribution in [3.8, 4) is 28.4 Å². The van der Waals surface area contributed by atoms with Crippen molar-refractivity contribution in [2.75, 3.05) is 26.3 Å². The van der Waals surface area contributed by atoms with Crippen molar-refractivity contribution in [1.29, 1.82) is 0 Å². The second-order valence-electron chi connectivity index (χ2n) is 7.33. The summed E-state index contributed by atoms with van der Waals surface area (Å²) in [4.78, 5) is 0. The molecule has 0 saturated carbocycles. The molecule has 0 N–H and O–H groups in total. The lowest BCUT2D eigenvalue weighted by atomic mass is 10.1. The number of hydrazone groups is 1. The van der Waals surface area contributed by atoms with Crippen LogP contribution in [0.25, 0.3) is 16.9 Å². The van der Waals surface area contributed by atoms with Crippen molar-refractivity contribution in [3.63, 3.8) is 0 Å². The van der Waals surface area contributed by atoms with E-state index in [1.165, 1.54) is 19.3 Å². The van der Waals surface area contributed by atoms with E-state index in [0.29, 0.717) is 13.2 Å². The Morgan fingerprint density at radius 1 is 0.897 bits per heavy atom. The number of fused-ring (bicyclic) bond motifs is 1. The number of hydrogen-bond acceptors (Lipinski definition) is 5. The van der Waals surface area contributed by atoms with Gasteiger partial charge in [-0.05, 0) is 49.6 Å². The molecule has 0 aliphatic carbocycles. The standard InChI is InChI=1S/C23H24N4O2/c1-3-7-20(8-4-1)27-17-19(16-24-26-11-5-2-6-12-26)23(25-27)18-9-10-21-22(15-18)29-14-13-28-21/h1,3-4,7-10,15-17H,2,5-6,11-14H2. The second kappa shape index (κ2) is 7.99. The number of benzene rings is 2. The topological polar surface area (TPSA) is 51.9 Å². The Labute approximate surface area is 170 Å². The smallest absolute Gasteiger partial charge is 0.162 e.